The van der Waals surface area contributed by atoms with Crippen molar-refractivity contribution >= 4 is 34.9 Å². The highest BCUT2D eigenvalue weighted by Crippen LogP contribution is 2.33. The van der Waals surface area contributed by atoms with Crippen LogP contribution in [0, 0.1) is 6.92 Å². The monoisotopic (exact) mass is 446 g/mol. The smallest absolute Gasteiger partial charge is 0.265 e. The van der Waals surface area contributed by atoms with Crippen LogP contribution in [0.2, 0.25) is 5.02 Å². The lowest BCUT2D eigenvalue weighted by atomic mass is 10.1. The number of benzene rings is 2. The number of amides is 2. The van der Waals surface area contributed by atoms with Crippen molar-refractivity contribution in [2.45, 2.75) is 6.92 Å². The first-order valence-electron chi connectivity index (χ1n) is 9.64. The van der Waals surface area contributed by atoms with Crippen LogP contribution in [0.4, 0.5) is 5.69 Å². The number of nitrogens with zero attached hydrogens (tertiary/aromatic N) is 1. The van der Waals surface area contributed by atoms with Gasteiger partial charge in [0.1, 0.15) is 18.0 Å². The number of nitrogens with one attached hydrogen (secondary N) is 1. The first-order valence-corrected chi connectivity index (χ1v) is 10.0. The van der Waals surface area contributed by atoms with Gasteiger partial charge in [-0.1, -0.05) is 11.6 Å². The zero-order valence-electron chi connectivity index (χ0n) is 17.3. The first-order chi connectivity index (χ1) is 14.9. The summed E-state index contributed by atoms with van der Waals surface area (Å²) in [5, 5.41) is 3.29. The summed E-state index contributed by atoms with van der Waals surface area (Å²) in [6.45, 7) is 2.00. The minimum Gasteiger partial charge on any atom is -0.485 e. The van der Waals surface area contributed by atoms with E-state index in [2.05, 4.69) is 5.32 Å². The summed E-state index contributed by atoms with van der Waals surface area (Å²) < 4.78 is 15.9. The summed E-state index contributed by atoms with van der Waals surface area (Å²) in [5.41, 5.74) is 1.55. The standard InChI is InChI=1S/C22H23ClN2O6/c1-14-9-16(4-5-17(14)23)30-12-19(26)15-3-6-20-18(10-15)25(22(28)13-31-20)11-21(27)24-7-8-29-2/h3-6,9-10H,7-8,11-13H2,1-2H3,(H,24,27). The molecule has 3 rings (SSSR count). The van der Waals surface area contributed by atoms with Crippen LogP contribution in [0.25, 0.3) is 0 Å². The number of Topliss-reactive ketones (excluding diaryl/α,β-unsaturated/α-hetero) is 1. The molecule has 9 heteroatoms. The molecule has 1 N–H and O–H groups in total. The fourth-order valence-electron chi connectivity index (χ4n) is 2.98. The Morgan fingerprint density at radius 1 is 1.23 bits per heavy atom. The zero-order chi connectivity index (χ0) is 22.4. The van der Waals surface area contributed by atoms with Crippen LogP contribution in [-0.2, 0) is 14.3 Å². The minimum atomic E-state index is -0.369. The molecule has 0 saturated carbocycles. The molecule has 1 aliphatic heterocycles. The maximum Gasteiger partial charge on any atom is 0.265 e. The highest BCUT2D eigenvalue weighted by Gasteiger charge is 2.28. The zero-order valence-corrected chi connectivity index (χ0v) is 18.0. The van der Waals surface area contributed by atoms with Gasteiger partial charge in [-0.05, 0) is 48.9 Å². The molecule has 2 amide bonds. The van der Waals surface area contributed by atoms with Crippen LogP contribution in [0.3, 0.4) is 0 Å². The van der Waals surface area contributed by atoms with Crippen LogP contribution in [0.5, 0.6) is 11.5 Å². The molecule has 0 aromatic heterocycles. The number of carbonyl (C=O) groups excluding carboxylic acids is 3. The second-order valence-electron chi connectivity index (χ2n) is 6.92. The number of ether oxygens (including phenoxy) is 3. The first kappa shape index (κ1) is 22.6. The van der Waals surface area contributed by atoms with Gasteiger partial charge in [-0.2, -0.15) is 0 Å². The molecule has 0 radical (unpaired) electrons. The molecule has 2 aromatic carbocycles. The van der Waals surface area contributed by atoms with Gasteiger partial charge in [0.05, 0.1) is 12.3 Å². The molecular weight excluding hydrogens is 424 g/mol. The third kappa shape index (κ3) is 5.74. The van der Waals surface area contributed by atoms with E-state index in [0.717, 1.165) is 5.56 Å². The van der Waals surface area contributed by atoms with Gasteiger partial charge in [-0.3, -0.25) is 19.3 Å². The maximum atomic E-state index is 12.7. The van der Waals surface area contributed by atoms with Crippen molar-refractivity contribution in [3.05, 3.63) is 52.5 Å². The van der Waals surface area contributed by atoms with Crippen LogP contribution < -0.4 is 19.7 Å². The molecule has 0 atom stereocenters. The highest BCUT2D eigenvalue weighted by atomic mass is 35.5. The quantitative estimate of drug-likeness (QED) is 0.469. The van der Waals surface area contributed by atoms with Crippen molar-refractivity contribution < 1.29 is 28.6 Å². The minimum absolute atomic E-state index is 0.176. The Kier molecular flexibility index (Phi) is 7.49. The largest absolute Gasteiger partial charge is 0.485 e. The van der Waals surface area contributed by atoms with Crippen molar-refractivity contribution in [3.63, 3.8) is 0 Å². The lowest BCUT2D eigenvalue weighted by molar-refractivity contribution is -0.125. The Morgan fingerprint density at radius 2 is 2.03 bits per heavy atom. The fraction of sp³-hybridized carbons (Fsp3) is 0.318. The van der Waals surface area contributed by atoms with E-state index in [1.54, 1.807) is 30.3 Å². The Bertz CT molecular complexity index is 994. The number of fused-ring (bicyclic) bond motifs is 1. The number of hydrogen-bond donors (Lipinski definition) is 1. The Hall–Kier alpha value is -3.10. The Labute approximate surface area is 185 Å². The number of halogens is 1. The average molecular weight is 447 g/mol. The van der Waals surface area contributed by atoms with Crippen LogP contribution in [0.1, 0.15) is 15.9 Å². The van der Waals surface area contributed by atoms with Crippen molar-refractivity contribution in [2.24, 2.45) is 0 Å². The van der Waals surface area contributed by atoms with Crippen molar-refractivity contribution in [3.8, 4) is 11.5 Å². The van der Waals surface area contributed by atoms with Gasteiger partial charge in [0.25, 0.3) is 5.91 Å². The predicted octanol–water partition coefficient (Wildman–Crippen LogP) is 2.40. The lowest BCUT2D eigenvalue weighted by Crippen LogP contribution is -2.45. The van der Waals surface area contributed by atoms with Gasteiger partial charge >= 0.3 is 0 Å². The summed E-state index contributed by atoms with van der Waals surface area (Å²) in [6, 6.07) is 9.88. The van der Waals surface area contributed by atoms with E-state index in [4.69, 9.17) is 25.8 Å². The molecule has 0 bridgehead atoms. The molecule has 8 nitrogen and oxygen atoms in total. The van der Waals surface area contributed by atoms with Gasteiger partial charge in [0.15, 0.2) is 19.0 Å². The number of methoxy groups -OCH3 is 1. The van der Waals surface area contributed by atoms with Gasteiger partial charge < -0.3 is 19.5 Å². The van der Waals surface area contributed by atoms with Gasteiger partial charge in [0.2, 0.25) is 5.91 Å². The summed E-state index contributed by atoms with van der Waals surface area (Å²) in [6.07, 6.45) is 0. The van der Waals surface area contributed by atoms with Gasteiger partial charge in [0, 0.05) is 24.2 Å². The topological polar surface area (TPSA) is 94.2 Å². The Morgan fingerprint density at radius 3 is 2.77 bits per heavy atom. The Balaban J connectivity index is 1.71. The molecule has 2 aromatic rings. The van der Waals surface area contributed by atoms with E-state index in [1.165, 1.54) is 18.1 Å². The predicted molar refractivity (Wildman–Crippen MR) is 115 cm³/mol. The molecule has 31 heavy (non-hydrogen) atoms. The summed E-state index contributed by atoms with van der Waals surface area (Å²) in [7, 11) is 1.53. The number of anilines is 1. The number of rotatable bonds is 9. The third-order valence-corrected chi connectivity index (χ3v) is 5.08. The van der Waals surface area contributed by atoms with E-state index in [9.17, 15) is 14.4 Å². The number of ketones is 1. The number of hydrogen-bond acceptors (Lipinski definition) is 6. The van der Waals surface area contributed by atoms with Crippen molar-refractivity contribution in [1.29, 1.82) is 0 Å². The molecule has 1 aliphatic rings. The maximum absolute atomic E-state index is 12.7. The molecule has 0 saturated heterocycles. The summed E-state index contributed by atoms with van der Waals surface area (Å²) in [4.78, 5) is 38.5. The molecule has 164 valence electrons. The van der Waals surface area contributed by atoms with Crippen molar-refractivity contribution in [2.75, 3.05) is 44.9 Å². The molecular formula is C22H23ClN2O6. The van der Waals surface area contributed by atoms with Crippen LogP contribution in [0.15, 0.2) is 36.4 Å². The molecule has 0 unspecified atom stereocenters. The fourth-order valence-corrected chi connectivity index (χ4v) is 3.10. The second kappa shape index (κ2) is 10.3. The average Bonchev–Trinajstić information content (AvgIpc) is 2.76. The van der Waals surface area contributed by atoms with E-state index in [0.29, 0.717) is 40.9 Å². The van der Waals surface area contributed by atoms with E-state index >= 15 is 0 Å². The SMILES string of the molecule is COCCNC(=O)CN1C(=O)COc2ccc(C(=O)COc3ccc(Cl)c(C)c3)cc21. The van der Waals surface area contributed by atoms with Gasteiger partial charge in [-0.15, -0.1) is 0 Å². The number of carbonyl (C=O) groups is 3. The molecule has 0 aliphatic carbocycles. The van der Waals surface area contributed by atoms with E-state index < -0.39 is 0 Å². The lowest BCUT2D eigenvalue weighted by Gasteiger charge is -2.29. The highest BCUT2D eigenvalue weighted by molar-refractivity contribution is 6.31. The van der Waals surface area contributed by atoms with Gasteiger partial charge in [-0.25, -0.2) is 0 Å². The normalized spacial score (nSPS) is 12.7. The van der Waals surface area contributed by atoms with E-state index in [1.807, 2.05) is 6.92 Å². The van der Waals surface area contributed by atoms with Crippen molar-refractivity contribution in [1.82, 2.24) is 5.32 Å². The summed E-state index contributed by atoms with van der Waals surface area (Å²) >= 11 is 6.00. The number of aryl methyl sites for hydroxylation is 1. The van der Waals surface area contributed by atoms with Crippen LogP contribution in [-0.4, -0.2) is 57.6 Å². The molecule has 0 fully saturated rings. The third-order valence-electron chi connectivity index (χ3n) is 4.65. The van der Waals surface area contributed by atoms with Crippen LogP contribution >= 0.6 is 11.6 Å². The second-order valence-corrected chi connectivity index (χ2v) is 7.32. The summed E-state index contributed by atoms with van der Waals surface area (Å²) in [5.74, 6) is -0.0302. The molecule has 1 heterocycles. The van der Waals surface area contributed by atoms with E-state index in [-0.39, 0.29) is 37.4 Å². The molecule has 0 spiro atoms.